The number of hydrogen-bond donors (Lipinski definition) is 1. The van der Waals surface area contributed by atoms with Gasteiger partial charge in [-0.05, 0) is 0 Å². The zero-order valence-corrected chi connectivity index (χ0v) is 8.48. The van der Waals surface area contributed by atoms with E-state index in [1.54, 1.807) is 0 Å². The van der Waals surface area contributed by atoms with Gasteiger partial charge >= 0.3 is 75.8 Å². The van der Waals surface area contributed by atoms with Crippen molar-refractivity contribution in [1.29, 1.82) is 0 Å². The van der Waals surface area contributed by atoms with E-state index in [4.69, 9.17) is 3.95 Å². The summed E-state index contributed by atoms with van der Waals surface area (Å²) < 4.78 is 7.34. The third-order valence-electron chi connectivity index (χ3n) is 1.10. The summed E-state index contributed by atoms with van der Waals surface area (Å²) in [6, 6.07) is 0. The molecule has 0 aliphatic carbocycles. The van der Waals surface area contributed by atoms with Crippen LogP contribution in [0.5, 0.6) is 0 Å². The molecular weight excluding hydrogens is 257 g/mol. The third kappa shape index (κ3) is 2.22. The minimum atomic E-state index is -0.466. The molecule has 0 amide bonds. The van der Waals surface area contributed by atoms with Crippen LogP contribution in [0.25, 0.3) is 0 Å². The van der Waals surface area contributed by atoms with E-state index in [9.17, 15) is 0 Å². The second-order valence-electron chi connectivity index (χ2n) is 1.91. The Labute approximate surface area is 76.0 Å². The molecule has 2 N–H and O–H groups in total. The Morgan fingerprint density at radius 3 is 2.82 bits per heavy atom. The summed E-state index contributed by atoms with van der Waals surface area (Å²) >= 11 is -0.466. The molecule has 1 aromatic heterocycles. The van der Waals surface area contributed by atoms with Gasteiger partial charge in [0.05, 0.1) is 0 Å². The van der Waals surface area contributed by atoms with E-state index in [1.165, 1.54) is 6.33 Å². The molecule has 11 heavy (non-hydrogen) atoms. The monoisotopic (exact) mass is 266 g/mol. The molecule has 1 rings (SSSR count). The van der Waals surface area contributed by atoms with Crippen molar-refractivity contribution in [3.8, 4) is 0 Å². The van der Waals surface area contributed by atoms with Crippen LogP contribution in [0, 0.1) is 6.92 Å². The second kappa shape index (κ2) is 3.77. The molecule has 1 heterocycles. The molecule has 0 unspecified atom stereocenters. The number of hydrogen-bond acceptors (Lipinski definition) is 5. The number of nitrogens with zero attached hydrogens (tertiary/aromatic N) is 4. The van der Waals surface area contributed by atoms with Gasteiger partial charge in [0, 0.05) is 0 Å². The first-order chi connectivity index (χ1) is 5.24. The quantitative estimate of drug-likeness (QED) is 0.444. The van der Waals surface area contributed by atoms with Crippen molar-refractivity contribution in [3.63, 3.8) is 0 Å². The normalized spacial score (nSPS) is 10.1. The Morgan fingerprint density at radius 1 is 1.55 bits per heavy atom. The predicted molar refractivity (Wildman–Crippen MR) is 37.2 cm³/mol. The summed E-state index contributed by atoms with van der Waals surface area (Å²) in [5.74, 6) is 1.38. The first-order valence-corrected chi connectivity index (χ1v) is 5.18. The third-order valence-corrected chi connectivity index (χ3v) is 2.37. The van der Waals surface area contributed by atoms with Crippen molar-refractivity contribution in [2.24, 2.45) is 3.95 Å². The molecule has 1 aromatic rings. The molecule has 0 spiro atoms. The fraction of sp³-hybridized carbons (Fsp3) is 0.400. The van der Waals surface area contributed by atoms with E-state index in [2.05, 4.69) is 15.0 Å². The van der Waals surface area contributed by atoms with Crippen molar-refractivity contribution in [1.82, 2.24) is 15.0 Å². The number of nitrogens with two attached hydrogens (primary N) is 1. The van der Waals surface area contributed by atoms with Crippen molar-refractivity contribution in [2.75, 3.05) is 10.2 Å². The van der Waals surface area contributed by atoms with Gasteiger partial charge in [-0.2, -0.15) is 0 Å². The Balaban J connectivity index is 2.86. The molecule has 62 valence electrons. The van der Waals surface area contributed by atoms with E-state index in [1.807, 2.05) is 17.1 Å². The standard InChI is InChI=1S/C5H9IN5/c1-4-8-3-9-5(10-4)11(2)6-7/h3H,7H2,1-2H3/q-1. The Hall–Kier alpha value is -0.500. The molecule has 0 radical (unpaired) electrons. The summed E-state index contributed by atoms with van der Waals surface area (Å²) in [6.45, 7) is 1.83. The number of halogens is 1. The predicted octanol–water partition coefficient (Wildman–Crippen LogP) is -3.51. The molecule has 0 bridgehead atoms. The van der Waals surface area contributed by atoms with E-state index in [-0.39, 0.29) is 0 Å². The molecule has 0 atom stereocenters. The summed E-state index contributed by atoms with van der Waals surface area (Å²) in [6.07, 6.45) is 1.49. The van der Waals surface area contributed by atoms with Gasteiger partial charge in [0.25, 0.3) is 0 Å². The van der Waals surface area contributed by atoms with Gasteiger partial charge < -0.3 is 0 Å². The van der Waals surface area contributed by atoms with Crippen molar-refractivity contribution in [2.45, 2.75) is 6.92 Å². The van der Waals surface area contributed by atoms with E-state index < -0.39 is 21.8 Å². The van der Waals surface area contributed by atoms with Gasteiger partial charge in [-0.3, -0.25) is 0 Å². The minimum absolute atomic E-state index is 0.466. The van der Waals surface area contributed by atoms with Gasteiger partial charge in [0.15, 0.2) is 0 Å². The van der Waals surface area contributed by atoms with E-state index >= 15 is 0 Å². The maximum absolute atomic E-state index is 5.49. The molecule has 6 heteroatoms. The number of aryl methyl sites for hydroxylation is 1. The first kappa shape index (κ1) is 8.60. The topological polar surface area (TPSA) is 67.9 Å². The average Bonchev–Trinajstić information content (AvgIpc) is 2.03. The van der Waals surface area contributed by atoms with Crippen LogP contribution in [-0.2, 0) is 0 Å². The van der Waals surface area contributed by atoms with Crippen LogP contribution < -0.4 is 28.8 Å². The van der Waals surface area contributed by atoms with E-state index in [0.717, 1.165) is 5.82 Å². The number of rotatable bonds is 2. The summed E-state index contributed by atoms with van der Waals surface area (Å²) in [5.41, 5.74) is 0. The Kier molecular flexibility index (Phi) is 2.94. The molecular formula is C5H9IN5-. The van der Waals surface area contributed by atoms with Crippen LogP contribution in [-0.4, -0.2) is 22.0 Å². The Bertz CT molecular complexity index is 240. The average molecular weight is 266 g/mol. The summed E-state index contributed by atoms with van der Waals surface area (Å²) in [5, 5.41) is 0. The molecule has 0 saturated carbocycles. The van der Waals surface area contributed by atoms with Gasteiger partial charge in [0.2, 0.25) is 0 Å². The van der Waals surface area contributed by atoms with Gasteiger partial charge in [-0.1, -0.05) is 0 Å². The van der Waals surface area contributed by atoms with Crippen LogP contribution in [0.1, 0.15) is 5.82 Å². The fourth-order valence-corrected chi connectivity index (χ4v) is 1.04. The van der Waals surface area contributed by atoms with E-state index in [0.29, 0.717) is 5.95 Å². The van der Waals surface area contributed by atoms with Crippen molar-refractivity contribution in [3.05, 3.63) is 12.2 Å². The van der Waals surface area contributed by atoms with Gasteiger partial charge in [-0.15, -0.1) is 0 Å². The second-order valence-corrected chi connectivity index (χ2v) is 3.91. The van der Waals surface area contributed by atoms with Crippen LogP contribution in [0.15, 0.2) is 6.33 Å². The van der Waals surface area contributed by atoms with Crippen LogP contribution in [0.3, 0.4) is 0 Å². The van der Waals surface area contributed by atoms with Crippen molar-refractivity contribution >= 4 is 5.95 Å². The summed E-state index contributed by atoms with van der Waals surface area (Å²) in [7, 11) is 1.88. The molecule has 5 nitrogen and oxygen atoms in total. The molecule has 0 aliphatic rings. The molecule has 0 fully saturated rings. The van der Waals surface area contributed by atoms with Crippen LogP contribution >= 0.6 is 0 Å². The van der Waals surface area contributed by atoms with Crippen molar-refractivity contribution < 1.29 is 21.8 Å². The van der Waals surface area contributed by atoms with Gasteiger partial charge in [-0.25, -0.2) is 0 Å². The Morgan fingerprint density at radius 2 is 2.27 bits per heavy atom. The molecule has 0 aliphatic heterocycles. The number of anilines is 1. The van der Waals surface area contributed by atoms with Gasteiger partial charge in [0.1, 0.15) is 0 Å². The first-order valence-electron chi connectivity index (χ1n) is 2.97. The maximum atomic E-state index is 5.49. The van der Waals surface area contributed by atoms with Crippen LogP contribution in [0.2, 0.25) is 0 Å². The fourth-order valence-electron chi connectivity index (χ4n) is 0.559. The summed E-state index contributed by atoms with van der Waals surface area (Å²) in [4.78, 5) is 11.9. The van der Waals surface area contributed by atoms with Crippen LogP contribution in [0.4, 0.5) is 5.95 Å². The zero-order valence-electron chi connectivity index (χ0n) is 6.32. The number of aromatic nitrogens is 3. The molecule has 0 saturated heterocycles. The molecule has 0 aromatic carbocycles. The SMILES string of the molecule is Cc1ncnc(N(C)[I-]N)n1. The zero-order chi connectivity index (χ0) is 8.27.